The van der Waals surface area contributed by atoms with E-state index in [4.69, 9.17) is 0 Å². The smallest absolute Gasteiger partial charge is 0.321 e. The molecule has 1 saturated carbocycles. The molecule has 0 aromatic heterocycles. The number of amides is 4. The summed E-state index contributed by atoms with van der Waals surface area (Å²) in [4.78, 5) is 44.3. The van der Waals surface area contributed by atoms with Crippen LogP contribution in [-0.4, -0.2) is 59.9 Å². The Morgan fingerprint density at radius 1 is 0.879 bits per heavy atom. The van der Waals surface area contributed by atoms with Gasteiger partial charge in [0.2, 0.25) is 0 Å². The quantitative estimate of drug-likeness (QED) is 0.715. The lowest BCUT2D eigenvalue weighted by molar-refractivity contribution is 0.0549. The minimum Gasteiger partial charge on any atom is -0.368 e. The Bertz CT molecular complexity index is 1080. The Kier molecular flexibility index (Phi) is 5.79. The maximum Gasteiger partial charge on any atom is 0.321 e. The van der Waals surface area contributed by atoms with Crippen LogP contribution in [0.5, 0.6) is 0 Å². The summed E-state index contributed by atoms with van der Waals surface area (Å²) in [5.41, 5.74) is 3.79. The second-order valence-electron chi connectivity index (χ2n) is 9.28. The maximum atomic E-state index is 13.0. The van der Waals surface area contributed by atoms with Crippen LogP contribution in [0, 0.1) is 6.92 Å². The molecular weight excluding hydrogens is 416 g/mol. The van der Waals surface area contributed by atoms with E-state index in [9.17, 15) is 14.4 Å². The number of hydrogen-bond donors (Lipinski definition) is 1. The van der Waals surface area contributed by atoms with Gasteiger partial charge in [0, 0.05) is 43.6 Å². The monoisotopic (exact) mass is 446 g/mol. The van der Waals surface area contributed by atoms with Crippen molar-refractivity contribution in [1.29, 1.82) is 0 Å². The standard InChI is InChI=1S/C26H30N4O3/c1-18-6-5-9-21(16-18)28-12-14-29(15-13-28)26(33)27-19-10-11-22-23(17-19)25(32)30(24(22)31)20-7-3-2-4-8-20/h5-6,9-11,16-17,20H,2-4,7-8,12-15H2,1H3,(H,27,33). The van der Waals surface area contributed by atoms with E-state index in [1.165, 1.54) is 16.2 Å². The van der Waals surface area contributed by atoms with E-state index in [0.29, 0.717) is 29.9 Å². The van der Waals surface area contributed by atoms with E-state index in [-0.39, 0.29) is 23.9 Å². The number of benzene rings is 2. The number of rotatable bonds is 3. The summed E-state index contributed by atoms with van der Waals surface area (Å²) in [5, 5.41) is 2.92. The zero-order valence-electron chi connectivity index (χ0n) is 19.0. The number of carbonyl (C=O) groups excluding carboxylic acids is 3. The zero-order chi connectivity index (χ0) is 22.9. The van der Waals surface area contributed by atoms with Gasteiger partial charge >= 0.3 is 6.03 Å². The number of piperazine rings is 1. The predicted octanol–water partition coefficient (Wildman–Crippen LogP) is 4.28. The van der Waals surface area contributed by atoms with Crippen LogP contribution in [0.4, 0.5) is 16.2 Å². The molecule has 2 aromatic carbocycles. The van der Waals surface area contributed by atoms with Gasteiger partial charge in [0.25, 0.3) is 11.8 Å². The lowest BCUT2D eigenvalue weighted by atomic mass is 9.94. The van der Waals surface area contributed by atoms with Crippen LogP contribution in [0.1, 0.15) is 58.4 Å². The molecule has 3 aliphatic rings. The molecule has 7 heteroatoms. The third kappa shape index (κ3) is 4.19. The summed E-state index contributed by atoms with van der Waals surface area (Å²) in [6, 6.07) is 13.2. The van der Waals surface area contributed by atoms with Crippen molar-refractivity contribution in [1.82, 2.24) is 9.80 Å². The zero-order valence-corrected chi connectivity index (χ0v) is 19.0. The molecular formula is C26H30N4O3. The summed E-state index contributed by atoms with van der Waals surface area (Å²) in [5.74, 6) is -0.434. The summed E-state index contributed by atoms with van der Waals surface area (Å²) in [7, 11) is 0. The van der Waals surface area contributed by atoms with Crippen LogP contribution < -0.4 is 10.2 Å². The molecule has 1 N–H and O–H groups in total. The second-order valence-corrected chi connectivity index (χ2v) is 9.28. The molecule has 33 heavy (non-hydrogen) atoms. The summed E-state index contributed by atoms with van der Waals surface area (Å²) >= 11 is 0. The fraction of sp³-hybridized carbons (Fsp3) is 0.423. The highest BCUT2D eigenvalue weighted by molar-refractivity contribution is 6.22. The highest BCUT2D eigenvalue weighted by atomic mass is 16.2. The first-order valence-electron chi connectivity index (χ1n) is 11.9. The molecule has 2 aliphatic heterocycles. The van der Waals surface area contributed by atoms with Crippen LogP contribution in [0.25, 0.3) is 0 Å². The molecule has 0 bridgehead atoms. The third-order valence-electron chi connectivity index (χ3n) is 7.04. The maximum absolute atomic E-state index is 13.0. The van der Waals surface area contributed by atoms with Crippen molar-refractivity contribution >= 4 is 29.2 Å². The molecule has 7 nitrogen and oxygen atoms in total. The largest absolute Gasteiger partial charge is 0.368 e. The SMILES string of the molecule is Cc1cccc(N2CCN(C(=O)Nc3ccc4c(c3)C(=O)N(C3CCCCC3)C4=O)CC2)c1. The first kappa shape index (κ1) is 21.5. The predicted molar refractivity (Wildman–Crippen MR) is 128 cm³/mol. The minimum absolute atomic E-state index is 0.00566. The molecule has 4 amide bonds. The lowest BCUT2D eigenvalue weighted by Gasteiger charge is -2.36. The van der Waals surface area contributed by atoms with Gasteiger partial charge in [0.15, 0.2) is 0 Å². The number of hydrogen-bond acceptors (Lipinski definition) is 4. The molecule has 0 atom stereocenters. The molecule has 2 fully saturated rings. The van der Waals surface area contributed by atoms with Gasteiger partial charge in [0.1, 0.15) is 0 Å². The van der Waals surface area contributed by atoms with Crippen LogP contribution in [0.2, 0.25) is 0 Å². The number of nitrogens with zero attached hydrogens (tertiary/aromatic N) is 3. The molecule has 2 aromatic rings. The topological polar surface area (TPSA) is 73.0 Å². The fourth-order valence-electron chi connectivity index (χ4n) is 5.20. The van der Waals surface area contributed by atoms with Crippen molar-refractivity contribution in [3.05, 3.63) is 59.2 Å². The number of carbonyl (C=O) groups is 3. The fourth-order valence-corrected chi connectivity index (χ4v) is 5.20. The summed E-state index contributed by atoms with van der Waals surface area (Å²) < 4.78 is 0. The van der Waals surface area contributed by atoms with Crippen molar-refractivity contribution < 1.29 is 14.4 Å². The molecule has 0 radical (unpaired) electrons. The number of imide groups is 1. The number of nitrogens with one attached hydrogen (secondary N) is 1. The van der Waals surface area contributed by atoms with E-state index in [1.54, 1.807) is 23.1 Å². The van der Waals surface area contributed by atoms with Crippen molar-refractivity contribution in [2.75, 3.05) is 36.4 Å². The van der Waals surface area contributed by atoms with Crippen molar-refractivity contribution in [2.24, 2.45) is 0 Å². The highest BCUT2D eigenvalue weighted by Gasteiger charge is 2.40. The molecule has 0 spiro atoms. The molecule has 5 rings (SSSR count). The van der Waals surface area contributed by atoms with Crippen molar-refractivity contribution in [2.45, 2.75) is 45.1 Å². The Hall–Kier alpha value is -3.35. The minimum atomic E-state index is -0.232. The van der Waals surface area contributed by atoms with Gasteiger partial charge in [-0.15, -0.1) is 0 Å². The van der Waals surface area contributed by atoms with E-state index in [0.717, 1.165) is 45.2 Å². The van der Waals surface area contributed by atoms with E-state index in [2.05, 4.69) is 41.4 Å². The first-order chi connectivity index (χ1) is 16.0. The van der Waals surface area contributed by atoms with Gasteiger partial charge in [-0.3, -0.25) is 14.5 Å². The Labute approximate surface area is 194 Å². The second kappa shape index (κ2) is 8.89. The van der Waals surface area contributed by atoms with E-state index < -0.39 is 0 Å². The van der Waals surface area contributed by atoms with Crippen LogP contribution in [-0.2, 0) is 0 Å². The Morgan fingerprint density at radius 2 is 1.61 bits per heavy atom. The van der Waals surface area contributed by atoms with Crippen molar-refractivity contribution in [3.63, 3.8) is 0 Å². The summed E-state index contributed by atoms with van der Waals surface area (Å²) in [6.45, 7) is 4.86. The number of urea groups is 1. The molecule has 1 aliphatic carbocycles. The number of fused-ring (bicyclic) bond motifs is 1. The lowest BCUT2D eigenvalue weighted by Crippen LogP contribution is -2.50. The third-order valence-corrected chi connectivity index (χ3v) is 7.04. The van der Waals surface area contributed by atoms with Crippen molar-refractivity contribution in [3.8, 4) is 0 Å². The number of aryl methyl sites for hydroxylation is 1. The average Bonchev–Trinajstić information content (AvgIpc) is 3.09. The number of anilines is 2. The highest BCUT2D eigenvalue weighted by Crippen LogP contribution is 2.32. The normalized spacial score (nSPS) is 19.1. The van der Waals surface area contributed by atoms with Gasteiger partial charge in [-0.1, -0.05) is 31.4 Å². The first-order valence-corrected chi connectivity index (χ1v) is 11.9. The molecule has 172 valence electrons. The Morgan fingerprint density at radius 3 is 2.33 bits per heavy atom. The van der Waals surface area contributed by atoms with Gasteiger partial charge in [-0.25, -0.2) is 4.79 Å². The summed E-state index contributed by atoms with van der Waals surface area (Å²) in [6.07, 6.45) is 5.02. The van der Waals surface area contributed by atoms with Gasteiger partial charge in [-0.05, 0) is 55.7 Å². The van der Waals surface area contributed by atoms with Crippen LogP contribution in [0.3, 0.4) is 0 Å². The van der Waals surface area contributed by atoms with Gasteiger partial charge in [-0.2, -0.15) is 0 Å². The van der Waals surface area contributed by atoms with E-state index in [1.807, 2.05) is 0 Å². The molecule has 0 unspecified atom stereocenters. The molecule has 2 heterocycles. The molecule has 1 saturated heterocycles. The van der Waals surface area contributed by atoms with Gasteiger partial charge in [0.05, 0.1) is 11.1 Å². The van der Waals surface area contributed by atoms with Gasteiger partial charge < -0.3 is 15.1 Å². The van der Waals surface area contributed by atoms with Crippen LogP contribution in [0.15, 0.2) is 42.5 Å². The Balaban J connectivity index is 1.22. The van der Waals surface area contributed by atoms with Crippen LogP contribution >= 0.6 is 0 Å². The average molecular weight is 447 g/mol. The van der Waals surface area contributed by atoms with E-state index >= 15 is 0 Å².